The summed E-state index contributed by atoms with van der Waals surface area (Å²) in [6.45, 7) is 0. The van der Waals surface area contributed by atoms with E-state index in [9.17, 15) is 0 Å². The molecule has 43 valence electrons. The van der Waals surface area contributed by atoms with Crippen LogP contribution in [-0.4, -0.2) is 17.1 Å². The Balaban J connectivity index is 2.40. The van der Waals surface area contributed by atoms with E-state index in [1.807, 2.05) is 18.4 Å². The van der Waals surface area contributed by atoms with Crippen molar-refractivity contribution in [2.45, 2.75) is 0 Å². The molecule has 0 aromatic rings. The summed E-state index contributed by atoms with van der Waals surface area (Å²) in [7, 11) is 0. The van der Waals surface area contributed by atoms with Crippen molar-refractivity contribution in [3.05, 3.63) is 24.6 Å². The Bertz CT molecular complexity index is 235. The standard InChI is InChI=1S/C6H5N3/c1-2-6-7-4-5-9(6)8-3-1/h1-5H/q+1. The Morgan fingerprint density at radius 2 is 2.56 bits per heavy atom. The van der Waals surface area contributed by atoms with Crippen LogP contribution in [-0.2, 0) is 0 Å². The number of rotatable bonds is 0. The minimum Gasteiger partial charge on any atom is -0.0979 e. The topological polar surface area (TPSA) is 29.7 Å². The van der Waals surface area contributed by atoms with E-state index in [4.69, 9.17) is 0 Å². The van der Waals surface area contributed by atoms with E-state index < -0.39 is 0 Å². The van der Waals surface area contributed by atoms with Gasteiger partial charge >= 0.3 is 5.84 Å². The number of hydrogen-bond donors (Lipinski definition) is 0. The SMILES string of the molecule is C1=CC2=[N+]C=CN2N=C1. The Morgan fingerprint density at radius 1 is 1.56 bits per heavy atom. The fourth-order valence-corrected chi connectivity index (χ4v) is 0.765. The number of fused-ring (bicyclic) bond motifs is 1. The maximum Gasteiger partial charge on any atom is 0.348 e. The summed E-state index contributed by atoms with van der Waals surface area (Å²) in [5.74, 6) is 0.887. The Kier molecular flexibility index (Phi) is 0.773. The highest BCUT2D eigenvalue weighted by Gasteiger charge is 2.21. The Hall–Kier alpha value is -1.38. The molecule has 9 heavy (non-hydrogen) atoms. The van der Waals surface area contributed by atoms with Crippen LogP contribution in [0.3, 0.4) is 0 Å². The molecular weight excluding hydrogens is 114 g/mol. The first-order valence-corrected chi connectivity index (χ1v) is 2.71. The summed E-state index contributed by atoms with van der Waals surface area (Å²) < 4.78 is 0. The van der Waals surface area contributed by atoms with E-state index in [0.29, 0.717) is 0 Å². The Morgan fingerprint density at radius 3 is 3.44 bits per heavy atom. The average Bonchev–Trinajstić information content (AvgIpc) is 2.33. The third-order valence-electron chi connectivity index (χ3n) is 1.17. The van der Waals surface area contributed by atoms with Gasteiger partial charge in [-0.1, -0.05) is 10.1 Å². The first-order valence-electron chi connectivity index (χ1n) is 2.71. The molecule has 0 aliphatic carbocycles. The second-order valence-electron chi connectivity index (χ2n) is 1.75. The fraction of sp³-hybridized carbons (Fsp3) is 0. The van der Waals surface area contributed by atoms with Crippen LogP contribution in [0.15, 0.2) is 29.7 Å². The molecule has 0 saturated carbocycles. The van der Waals surface area contributed by atoms with Crippen molar-refractivity contribution in [1.29, 1.82) is 0 Å². The molecule has 2 aliphatic heterocycles. The largest absolute Gasteiger partial charge is 0.348 e. The van der Waals surface area contributed by atoms with Crippen LogP contribution in [0.4, 0.5) is 0 Å². The number of amidine groups is 1. The molecule has 0 bridgehead atoms. The second kappa shape index (κ2) is 1.55. The molecule has 0 fully saturated rings. The maximum atomic E-state index is 4.02. The molecule has 2 heterocycles. The molecule has 2 aliphatic rings. The molecule has 0 N–H and O–H groups in total. The van der Waals surface area contributed by atoms with Crippen molar-refractivity contribution in [1.82, 2.24) is 10.0 Å². The molecular formula is C6H5N3+. The van der Waals surface area contributed by atoms with E-state index in [1.54, 1.807) is 17.4 Å². The third-order valence-corrected chi connectivity index (χ3v) is 1.17. The van der Waals surface area contributed by atoms with E-state index >= 15 is 0 Å². The number of aliphatic imine (C=N–C) groups is 1. The van der Waals surface area contributed by atoms with E-state index in [1.165, 1.54) is 0 Å². The summed E-state index contributed by atoms with van der Waals surface area (Å²) in [4.78, 5) is 4.02. The molecule has 0 aromatic carbocycles. The minimum atomic E-state index is 0.887. The molecule has 0 saturated heterocycles. The van der Waals surface area contributed by atoms with Gasteiger partial charge < -0.3 is 0 Å². The van der Waals surface area contributed by atoms with Gasteiger partial charge in [0.2, 0.25) is 0 Å². The first kappa shape index (κ1) is 4.49. The van der Waals surface area contributed by atoms with Gasteiger partial charge in [0.25, 0.3) is 0 Å². The summed E-state index contributed by atoms with van der Waals surface area (Å²) in [5, 5.41) is 5.72. The van der Waals surface area contributed by atoms with Crippen molar-refractivity contribution >= 4 is 12.1 Å². The summed E-state index contributed by atoms with van der Waals surface area (Å²) in [5.41, 5.74) is 0. The van der Waals surface area contributed by atoms with Crippen LogP contribution >= 0.6 is 0 Å². The van der Waals surface area contributed by atoms with Crippen LogP contribution in [0.1, 0.15) is 0 Å². The third kappa shape index (κ3) is 0.579. The lowest BCUT2D eigenvalue weighted by Gasteiger charge is -1.98. The van der Waals surface area contributed by atoms with Gasteiger partial charge in [-0.15, -0.1) is 0 Å². The summed E-state index contributed by atoms with van der Waals surface area (Å²) in [6.07, 6.45) is 9.04. The van der Waals surface area contributed by atoms with E-state index in [0.717, 1.165) is 5.84 Å². The average molecular weight is 119 g/mol. The lowest BCUT2D eigenvalue weighted by molar-refractivity contribution is 0.618. The van der Waals surface area contributed by atoms with Crippen LogP contribution in [0.5, 0.6) is 0 Å². The van der Waals surface area contributed by atoms with Gasteiger partial charge in [-0.05, 0) is 11.1 Å². The lowest BCUT2D eigenvalue weighted by Crippen LogP contribution is -2.19. The highest BCUT2D eigenvalue weighted by Crippen LogP contribution is 2.01. The minimum absolute atomic E-state index is 0.887. The molecule has 0 atom stereocenters. The number of hydrogen-bond acceptors (Lipinski definition) is 3. The van der Waals surface area contributed by atoms with Crippen molar-refractivity contribution in [2.24, 2.45) is 5.10 Å². The van der Waals surface area contributed by atoms with Crippen molar-refractivity contribution in [3.8, 4) is 0 Å². The molecule has 0 aromatic heterocycles. The number of hydrazone groups is 1. The molecule has 3 heteroatoms. The van der Waals surface area contributed by atoms with E-state index in [2.05, 4.69) is 10.1 Å². The summed E-state index contributed by atoms with van der Waals surface area (Å²) >= 11 is 0. The fourth-order valence-electron chi connectivity index (χ4n) is 0.765. The van der Waals surface area contributed by atoms with E-state index in [-0.39, 0.29) is 0 Å². The van der Waals surface area contributed by atoms with Crippen LogP contribution in [0.2, 0.25) is 0 Å². The van der Waals surface area contributed by atoms with Gasteiger partial charge in [-0.25, -0.2) is 0 Å². The number of allylic oxidation sites excluding steroid dienone is 1. The predicted molar refractivity (Wildman–Crippen MR) is 35.8 cm³/mol. The van der Waals surface area contributed by atoms with Gasteiger partial charge in [-0.3, -0.25) is 0 Å². The van der Waals surface area contributed by atoms with Gasteiger partial charge in [0.05, 0.1) is 6.21 Å². The monoisotopic (exact) mass is 119 g/mol. The van der Waals surface area contributed by atoms with Crippen molar-refractivity contribution < 1.29 is 0 Å². The smallest absolute Gasteiger partial charge is 0.0979 e. The molecule has 0 unspecified atom stereocenters. The Labute approximate surface area is 52.7 Å². The van der Waals surface area contributed by atoms with Gasteiger partial charge in [0.1, 0.15) is 0 Å². The normalized spacial score (nSPS) is 20.4. The molecule has 0 amide bonds. The highest BCUT2D eigenvalue weighted by atomic mass is 15.5. The molecule has 1 radical (unpaired) electrons. The first-order chi connectivity index (χ1) is 4.47. The molecule has 2 rings (SSSR count). The van der Waals surface area contributed by atoms with Crippen molar-refractivity contribution in [3.63, 3.8) is 0 Å². The maximum absolute atomic E-state index is 4.02. The quantitative estimate of drug-likeness (QED) is 0.443. The van der Waals surface area contributed by atoms with Gasteiger partial charge in [0, 0.05) is 6.08 Å². The highest BCUT2D eigenvalue weighted by molar-refractivity contribution is 5.99. The molecule has 3 nitrogen and oxygen atoms in total. The van der Waals surface area contributed by atoms with Crippen LogP contribution < -0.4 is 4.99 Å². The zero-order chi connectivity index (χ0) is 6.10. The van der Waals surface area contributed by atoms with Crippen LogP contribution in [0, 0.1) is 0 Å². The van der Waals surface area contributed by atoms with Gasteiger partial charge in [-0.2, -0.15) is 0 Å². The zero-order valence-electron chi connectivity index (χ0n) is 4.73. The van der Waals surface area contributed by atoms with Crippen molar-refractivity contribution in [2.75, 3.05) is 0 Å². The number of nitrogens with zero attached hydrogens (tertiary/aromatic N) is 3. The summed E-state index contributed by atoms with van der Waals surface area (Å²) in [6, 6.07) is 0. The second-order valence-corrected chi connectivity index (χ2v) is 1.75. The molecule has 0 spiro atoms. The lowest BCUT2D eigenvalue weighted by atomic mass is 10.4. The van der Waals surface area contributed by atoms with Crippen LogP contribution in [0.25, 0.3) is 0 Å². The zero-order valence-corrected chi connectivity index (χ0v) is 4.73. The van der Waals surface area contributed by atoms with Gasteiger partial charge in [0.15, 0.2) is 12.4 Å². The predicted octanol–water partition coefficient (Wildman–Crippen LogP) is 0.0631.